The van der Waals surface area contributed by atoms with Gasteiger partial charge in [-0.15, -0.1) is 0 Å². The first-order valence-electron chi connectivity index (χ1n) is 12.3. The van der Waals surface area contributed by atoms with Crippen LogP contribution >= 0.6 is 31.9 Å². The molecular weight excluding hydrogens is 616 g/mol. The smallest absolute Gasteiger partial charge is 0.330 e. The lowest BCUT2D eigenvalue weighted by Crippen LogP contribution is -2.67. The molecule has 196 valence electrons. The summed E-state index contributed by atoms with van der Waals surface area (Å²) >= 11 is 6.99. The van der Waals surface area contributed by atoms with Crippen molar-refractivity contribution in [3.05, 3.63) is 103 Å². The third-order valence-electron chi connectivity index (χ3n) is 6.96. The summed E-state index contributed by atoms with van der Waals surface area (Å²) in [7, 11) is -2.76. The maximum absolute atomic E-state index is 12.6. The Balaban J connectivity index is 1.73. The van der Waals surface area contributed by atoms with E-state index in [0.29, 0.717) is 18.6 Å². The fourth-order valence-corrected chi connectivity index (χ4v) is 10.4. The Morgan fingerprint density at radius 2 is 1.65 bits per heavy atom. The maximum Gasteiger partial charge on any atom is 0.330 e. The second-order valence-electron chi connectivity index (χ2n) is 10.4. The quantitative estimate of drug-likeness (QED) is 0.368. The van der Waals surface area contributed by atoms with Crippen molar-refractivity contribution in [1.82, 2.24) is 9.55 Å². The summed E-state index contributed by atoms with van der Waals surface area (Å²) in [5.41, 5.74) is -0.399. The van der Waals surface area contributed by atoms with Crippen LogP contribution in [0.5, 0.6) is 0 Å². The standard InChI is InChI=1S/C28H32Br2N2O4Si/c1-19-17-32(27(34)31-26(19)33)25-16-20(15-24(29)30)23(36-25)18-35-37(28(2,3)4,21-11-7-5-8-12-21)22-13-9-6-10-14-22/h5-15,17,20,23,25H,16,18H2,1-4H3,(H,31,33,34)/t20-,23+,25+/m0/s1. The number of benzene rings is 2. The molecule has 1 aromatic heterocycles. The summed E-state index contributed by atoms with van der Waals surface area (Å²) in [6.45, 7) is 8.76. The molecule has 37 heavy (non-hydrogen) atoms. The molecule has 1 aliphatic heterocycles. The van der Waals surface area contributed by atoms with Crippen LogP contribution in [0, 0.1) is 12.8 Å². The van der Waals surface area contributed by atoms with E-state index in [2.05, 4.69) is 106 Å². The van der Waals surface area contributed by atoms with Crippen LogP contribution in [0.3, 0.4) is 0 Å². The van der Waals surface area contributed by atoms with Crippen LogP contribution in [0.4, 0.5) is 0 Å². The topological polar surface area (TPSA) is 73.3 Å². The molecule has 0 spiro atoms. The SMILES string of the molecule is Cc1cn([C@H]2C[C@H](C=C(Br)Br)[C@@H](CO[Si](c3ccccc3)(c3ccccc3)C(C)(C)C)O2)c(=O)[nH]c1=O. The fraction of sp³-hybridized carbons (Fsp3) is 0.357. The van der Waals surface area contributed by atoms with E-state index in [1.807, 2.05) is 18.2 Å². The number of aryl methyl sites for hydroxylation is 1. The molecule has 2 heterocycles. The molecule has 6 nitrogen and oxygen atoms in total. The lowest BCUT2D eigenvalue weighted by Gasteiger charge is -2.43. The Morgan fingerprint density at radius 3 is 2.16 bits per heavy atom. The van der Waals surface area contributed by atoms with Gasteiger partial charge in [0.25, 0.3) is 13.9 Å². The van der Waals surface area contributed by atoms with Crippen molar-refractivity contribution < 1.29 is 9.16 Å². The number of rotatable bonds is 7. The first-order valence-corrected chi connectivity index (χ1v) is 15.8. The van der Waals surface area contributed by atoms with Gasteiger partial charge in [0.2, 0.25) is 0 Å². The van der Waals surface area contributed by atoms with E-state index in [1.165, 1.54) is 14.9 Å². The minimum atomic E-state index is -2.76. The molecular formula is C28H32Br2N2O4Si. The van der Waals surface area contributed by atoms with E-state index in [4.69, 9.17) is 9.16 Å². The van der Waals surface area contributed by atoms with Crippen molar-refractivity contribution in [3.8, 4) is 0 Å². The minimum absolute atomic E-state index is 0.0175. The summed E-state index contributed by atoms with van der Waals surface area (Å²) < 4.78 is 15.9. The number of H-pyrrole nitrogens is 1. The molecule has 1 aliphatic rings. The number of nitrogens with one attached hydrogen (secondary N) is 1. The van der Waals surface area contributed by atoms with Gasteiger partial charge < -0.3 is 9.16 Å². The van der Waals surface area contributed by atoms with Gasteiger partial charge >= 0.3 is 5.69 Å². The van der Waals surface area contributed by atoms with Crippen LogP contribution in [0.2, 0.25) is 5.04 Å². The Hall–Kier alpha value is -2.04. The number of aromatic amines is 1. The average Bonchev–Trinajstić information content (AvgIpc) is 3.24. The first kappa shape index (κ1) is 28.0. The third kappa shape index (κ3) is 5.86. The first-order chi connectivity index (χ1) is 17.5. The zero-order chi connectivity index (χ0) is 26.8. The highest BCUT2D eigenvalue weighted by molar-refractivity contribution is 9.28. The highest BCUT2D eigenvalue weighted by atomic mass is 79.9. The number of hydrogen-bond acceptors (Lipinski definition) is 4. The Labute approximate surface area is 235 Å². The molecule has 0 bridgehead atoms. The Kier molecular flexibility index (Phi) is 8.60. The number of aromatic nitrogens is 2. The highest BCUT2D eigenvalue weighted by Crippen LogP contribution is 2.40. The number of hydrogen-bond donors (Lipinski definition) is 1. The molecule has 0 radical (unpaired) electrons. The highest BCUT2D eigenvalue weighted by Gasteiger charge is 2.51. The largest absolute Gasteiger partial charge is 0.405 e. The second-order valence-corrected chi connectivity index (χ2v) is 17.5. The minimum Gasteiger partial charge on any atom is -0.405 e. The fourth-order valence-electron chi connectivity index (χ4n) is 5.19. The maximum atomic E-state index is 12.6. The molecule has 2 aromatic carbocycles. The van der Waals surface area contributed by atoms with Gasteiger partial charge in [-0.05, 0) is 54.2 Å². The van der Waals surface area contributed by atoms with E-state index < -0.39 is 20.2 Å². The summed E-state index contributed by atoms with van der Waals surface area (Å²) in [6, 6.07) is 21.0. The second kappa shape index (κ2) is 11.4. The summed E-state index contributed by atoms with van der Waals surface area (Å²) in [4.78, 5) is 26.9. The van der Waals surface area contributed by atoms with E-state index in [1.54, 1.807) is 13.1 Å². The van der Waals surface area contributed by atoms with Gasteiger partial charge in [0.1, 0.15) is 6.23 Å². The molecule has 1 fully saturated rings. The van der Waals surface area contributed by atoms with E-state index in [-0.39, 0.29) is 22.6 Å². The van der Waals surface area contributed by atoms with Crippen LogP contribution < -0.4 is 21.6 Å². The molecule has 0 aliphatic carbocycles. The van der Waals surface area contributed by atoms with Crippen LogP contribution in [0.25, 0.3) is 0 Å². The molecule has 4 rings (SSSR count). The van der Waals surface area contributed by atoms with Gasteiger partial charge in [-0.25, -0.2) is 4.79 Å². The predicted molar refractivity (Wildman–Crippen MR) is 158 cm³/mol. The van der Waals surface area contributed by atoms with Crippen molar-refractivity contribution in [1.29, 1.82) is 0 Å². The van der Waals surface area contributed by atoms with E-state index in [0.717, 1.165) is 3.39 Å². The monoisotopic (exact) mass is 646 g/mol. The van der Waals surface area contributed by atoms with Gasteiger partial charge in [-0.3, -0.25) is 14.3 Å². The van der Waals surface area contributed by atoms with Gasteiger partial charge in [0, 0.05) is 24.1 Å². The average molecular weight is 648 g/mol. The van der Waals surface area contributed by atoms with E-state index >= 15 is 0 Å². The molecule has 0 amide bonds. The molecule has 3 aromatic rings. The van der Waals surface area contributed by atoms with E-state index in [9.17, 15) is 9.59 Å². The lowest BCUT2D eigenvalue weighted by atomic mass is 10.0. The van der Waals surface area contributed by atoms with Crippen molar-refractivity contribution in [2.45, 2.75) is 51.5 Å². The van der Waals surface area contributed by atoms with Crippen LogP contribution in [-0.2, 0) is 9.16 Å². The Bertz CT molecular complexity index is 1320. The summed E-state index contributed by atoms with van der Waals surface area (Å²) in [6.07, 6.45) is 3.37. The van der Waals surface area contributed by atoms with Gasteiger partial charge in [0.15, 0.2) is 0 Å². The number of nitrogens with zero attached hydrogens (tertiary/aromatic N) is 1. The van der Waals surface area contributed by atoms with Crippen molar-refractivity contribution in [3.63, 3.8) is 0 Å². The summed E-state index contributed by atoms with van der Waals surface area (Å²) in [5, 5.41) is 2.23. The molecule has 1 saturated heterocycles. The predicted octanol–water partition coefficient (Wildman–Crippen LogP) is 4.96. The molecule has 0 unspecified atom stereocenters. The normalized spacial score (nSPS) is 20.1. The van der Waals surface area contributed by atoms with Crippen LogP contribution in [0.15, 0.2) is 85.9 Å². The van der Waals surface area contributed by atoms with Crippen LogP contribution in [-0.4, -0.2) is 30.6 Å². The van der Waals surface area contributed by atoms with Crippen LogP contribution in [0.1, 0.15) is 39.0 Å². The molecule has 0 saturated carbocycles. The van der Waals surface area contributed by atoms with Crippen molar-refractivity contribution in [2.75, 3.05) is 6.61 Å². The van der Waals surface area contributed by atoms with Gasteiger partial charge in [-0.1, -0.05) is 87.5 Å². The number of ether oxygens (including phenoxy) is 1. The van der Waals surface area contributed by atoms with Crippen molar-refractivity contribution in [2.24, 2.45) is 5.92 Å². The molecule has 3 atom stereocenters. The van der Waals surface area contributed by atoms with Crippen molar-refractivity contribution >= 4 is 50.6 Å². The summed E-state index contributed by atoms with van der Waals surface area (Å²) in [5.74, 6) is -0.0175. The van der Waals surface area contributed by atoms with Gasteiger partial charge in [0.05, 0.1) is 16.1 Å². The Morgan fingerprint density at radius 1 is 1.08 bits per heavy atom. The zero-order valence-corrected chi connectivity index (χ0v) is 25.6. The van der Waals surface area contributed by atoms with Gasteiger partial charge in [-0.2, -0.15) is 0 Å². The third-order valence-corrected chi connectivity index (χ3v) is 12.5. The molecule has 9 heteroatoms. The molecule has 1 N–H and O–H groups in total. The zero-order valence-electron chi connectivity index (χ0n) is 21.4. The number of halogens is 2. The lowest BCUT2D eigenvalue weighted by molar-refractivity contribution is -0.0263.